The molecule has 1 atom stereocenters. The van der Waals surface area contributed by atoms with Crippen LogP contribution in [0.25, 0.3) is 0 Å². The maximum atomic E-state index is 11.8. The quantitative estimate of drug-likeness (QED) is 0.830. The van der Waals surface area contributed by atoms with Crippen molar-refractivity contribution in [1.29, 1.82) is 0 Å². The van der Waals surface area contributed by atoms with Gasteiger partial charge in [-0.15, -0.1) is 0 Å². The van der Waals surface area contributed by atoms with Gasteiger partial charge < -0.3 is 4.74 Å². The number of carbonyl (C=O) groups excluding carboxylic acids is 1. The zero-order valence-electron chi connectivity index (χ0n) is 8.23. The van der Waals surface area contributed by atoms with Crippen molar-refractivity contribution in [1.82, 2.24) is 0 Å². The molecule has 0 bridgehead atoms. The third-order valence-electron chi connectivity index (χ3n) is 1.68. The van der Waals surface area contributed by atoms with Crippen LogP contribution in [-0.4, -0.2) is 29.5 Å². The number of methoxy groups -OCH3 is 1. The SMILES string of the molecule is COCC(=O)CS(=O)c1ccccc1Br. The highest BCUT2D eigenvalue weighted by molar-refractivity contribution is 9.10. The minimum absolute atomic E-state index is 0.00352. The molecule has 1 unspecified atom stereocenters. The predicted molar refractivity (Wildman–Crippen MR) is 62.3 cm³/mol. The first-order valence-corrected chi connectivity index (χ1v) is 6.40. The molecule has 0 saturated carbocycles. The van der Waals surface area contributed by atoms with Crippen LogP contribution in [0.1, 0.15) is 0 Å². The number of ketones is 1. The number of halogens is 1. The number of hydrogen-bond acceptors (Lipinski definition) is 3. The molecule has 1 rings (SSSR count). The Labute approximate surface area is 99.4 Å². The molecular weight excluding hydrogens is 280 g/mol. The second-order valence-electron chi connectivity index (χ2n) is 2.89. The number of Topliss-reactive ketones (excluding diaryl/α,β-unsaturated/α-hetero) is 1. The fourth-order valence-electron chi connectivity index (χ4n) is 1.06. The van der Waals surface area contributed by atoms with Crippen LogP contribution in [0.2, 0.25) is 0 Å². The number of hydrogen-bond donors (Lipinski definition) is 0. The summed E-state index contributed by atoms with van der Waals surface area (Å²) < 4.78 is 17.2. The molecule has 15 heavy (non-hydrogen) atoms. The van der Waals surface area contributed by atoms with E-state index in [1.54, 1.807) is 18.2 Å². The Morgan fingerprint density at radius 1 is 1.47 bits per heavy atom. The zero-order valence-corrected chi connectivity index (χ0v) is 10.6. The molecule has 1 aromatic carbocycles. The molecule has 0 radical (unpaired) electrons. The summed E-state index contributed by atoms with van der Waals surface area (Å²) in [5.41, 5.74) is 0. The largest absolute Gasteiger partial charge is 0.377 e. The molecule has 0 spiro atoms. The van der Waals surface area contributed by atoms with E-state index in [1.807, 2.05) is 6.07 Å². The van der Waals surface area contributed by atoms with E-state index in [0.717, 1.165) is 4.47 Å². The van der Waals surface area contributed by atoms with E-state index in [9.17, 15) is 9.00 Å². The van der Waals surface area contributed by atoms with E-state index < -0.39 is 10.8 Å². The van der Waals surface area contributed by atoms with Gasteiger partial charge in [0.25, 0.3) is 0 Å². The van der Waals surface area contributed by atoms with Gasteiger partial charge in [0.05, 0.1) is 21.4 Å². The standard InChI is InChI=1S/C10H11BrO3S/c1-14-6-8(12)7-15(13)10-5-3-2-4-9(10)11/h2-5H,6-7H2,1H3. The smallest absolute Gasteiger partial charge is 0.171 e. The fourth-order valence-corrected chi connectivity index (χ4v) is 2.93. The monoisotopic (exact) mass is 290 g/mol. The average Bonchev–Trinajstić information content (AvgIpc) is 2.18. The minimum atomic E-state index is -1.30. The molecular formula is C10H11BrO3S. The Balaban J connectivity index is 2.70. The number of rotatable bonds is 5. The Morgan fingerprint density at radius 3 is 2.73 bits per heavy atom. The third-order valence-corrected chi connectivity index (χ3v) is 4.06. The van der Waals surface area contributed by atoms with Crippen molar-refractivity contribution in [3.63, 3.8) is 0 Å². The Morgan fingerprint density at radius 2 is 2.13 bits per heavy atom. The summed E-state index contributed by atoms with van der Waals surface area (Å²) in [6.07, 6.45) is 0. The highest BCUT2D eigenvalue weighted by Crippen LogP contribution is 2.19. The van der Waals surface area contributed by atoms with Crippen LogP contribution in [0.3, 0.4) is 0 Å². The molecule has 0 aliphatic carbocycles. The van der Waals surface area contributed by atoms with Crippen LogP contribution in [-0.2, 0) is 20.3 Å². The molecule has 1 aromatic rings. The van der Waals surface area contributed by atoms with E-state index in [0.29, 0.717) is 4.90 Å². The van der Waals surface area contributed by atoms with Gasteiger partial charge >= 0.3 is 0 Å². The van der Waals surface area contributed by atoms with Gasteiger partial charge in [-0.1, -0.05) is 12.1 Å². The van der Waals surface area contributed by atoms with Gasteiger partial charge in [-0.05, 0) is 28.1 Å². The van der Waals surface area contributed by atoms with Crippen LogP contribution >= 0.6 is 15.9 Å². The third kappa shape index (κ3) is 3.85. The second-order valence-corrected chi connectivity index (χ2v) is 5.17. The molecule has 0 N–H and O–H groups in total. The lowest BCUT2D eigenvalue weighted by molar-refractivity contribution is -0.120. The van der Waals surface area contributed by atoms with E-state index in [2.05, 4.69) is 20.7 Å². The summed E-state index contributed by atoms with van der Waals surface area (Å²) in [5, 5.41) is 0. The lowest BCUT2D eigenvalue weighted by atomic mass is 10.4. The van der Waals surface area contributed by atoms with Crippen LogP contribution in [0, 0.1) is 0 Å². The van der Waals surface area contributed by atoms with Crippen molar-refractivity contribution < 1.29 is 13.7 Å². The molecule has 5 heteroatoms. The van der Waals surface area contributed by atoms with Crippen LogP contribution in [0.5, 0.6) is 0 Å². The van der Waals surface area contributed by atoms with E-state index in [-0.39, 0.29) is 18.1 Å². The Kier molecular flexibility index (Phi) is 5.14. The van der Waals surface area contributed by atoms with Crippen LogP contribution in [0.4, 0.5) is 0 Å². The van der Waals surface area contributed by atoms with Gasteiger partial charge in [-0.2, -0.15) is 0 Å². The van der Waals surface area contributed by atoms with Gasteiger partial charge in [0.1, 0.15) is 6.61 Å². The van der Waals surface area contributed by atoms with Gasteiger partial charge in [0.15, 0.2) is 5.78 Å². The summed E-state index contributed by atoms with van der Waals surface area (Å²) >= 11 is 3.29. The molecule has 0 aromatic heterocycles. The summed E-state index contributed by atoms with van der Waals surface area (Å²) in [4.78, 5) is 11.8. The van der Waals surface area contributed by atoms with Crippen LogP contribution < -0.4 is 0 Å². The fraction of sp³-hybridized carbons (Fsp3) is 0.300. The first-order chi connectivity index (χ1) is 7.15. The zero-order chi connectivity index (χ0) is 11.3. The van der Waals surface area contributed by atoms with Crippen molar-refractivity contribution in [2.75, 3.05) is 19.5 Å². The summed E-state index contributed by atoms with van der Waals surface area (Å²) in [7, 11) is 0.141. The van der Waals surface area contributed by atoms with Crippen molar-refractivity contribution in [2.45, 2.75) is 4.90 Å². The van der Waals surface area contributed by atoms with Crippen molar-refractivity contribution in [3.8, 4) is 0 Å². The average molecular weight is 291 g/mol. The first-order valence-electron chi connectivity index (χ1n) is 4.28. The maximum absolute atomic E-state index is 11.8. The first kappa shape index (κ1) is 12.5. The Bertz CT molecular complexity index is 379. The second kappa shape index (κ2) is 6.15. The van der Waals surface area contributed by atoms with E-state index >= 15 is 0 Å². The number of benzene rings is 1. The lowest BCUT2D eigenvalue weighted by Gasteiger charge is -2.03. The van der Waals surface area contributed by atoms with Crippen molar-refractivity contribution in [2.24, 2.45) is 0 Å². The number of carbonyl (C=O) groups is 1. The normalized spacial score (nSPS) is 12.4. The van der Waals surface area contributed by atoms with Gasteiger partial charge in [-0.25, -0.2) is 0 Å². The highest BCUT2D eigenvalue weighted by Gasteiger charge is 2.12. The molecule has 0 saturated heterocycles. The maximum Gasteiger partial charge on any atom is 0.171 e. The summed E-state index contributed by atoms with van der Waals surface area (Å²) in [6.45, 7) is 0.0101. The molecule has 3 nitrogen and oxygen atoms in total. The van der Waals surface area contributed by atoms with Gasteiger partial charge in [-0.3, -0.25) is 9.00 Å². The predicted octanol–water partition coefficient (Wildman–Crippen LogP) is 1.77. The Hall–Kier alpha value is -0.520. The molecule has 82 valence electrons. The van der Waals surface area contributed by atoms with Gasteiger partial charge in [0.2, 0.25) is 0 Å². The minimum Gasteiger partial charge on any atom is -0.377 e. The summed E-state index contributed by atoms with van der Waals surface area (Å²) in [6, 6.07) is 7.16. The molecule has 0 aliphatic heterocycles. The van der Waals surface area contributed by atoms with Crippen molar-refractivity contribution in [3.05, 3.63) is 28.7 Å². The van der Waals surface area contributed by atoms with Crippen LogP contribution in [0.15, 0.2) is 33.6 Å². The van der Waals surface area contributed by atoms with Crippen molar-refractivity contribution >= 4 is 32.5 Å². The van der Waals surface area contributed by atoms with E-state index in [1.165, 1.54) is 7.11 Å². The molecule has 0 fully saturated rings. The topological polar surface area (TPSA) is 43.4 Å². The van der Waals surface area contributed by atoms with Gasteiger partial charge in [0, 0.05) is 11.6 Å². The molecule has 0 heterocycles. The summed E-state index contributed by atoms with van der Waals surface area (Å²) in [5.74, 6) is -0.164. The lowest BCUT2D eigenvalue weighted by Crippen LogP contribution is -2.15. The highest BCUT2D eigenvalue weighted by atomic mass is 79.9. The molecule has 0 amide bonds. The molecule has 0 aliphatic rings. The number of ether oxygens (including phenoxy) is 1. The van der Waals surface area contributed by atoms with E-state index in [4.69, 9.17) is 0 Å².